The number of hydrogen-bond donors (Lipinski definition) is 0. The van der Waals surface area contributed by atoms with Crippen LogP contribution in [0.3, 0.4) is 0 Å². The minimum absolute atomic E-state index is 0.769. The summed E-state index contributed by atoms with van der Waals surface area (Å²) < 4.78 is 6.82. The van der Waals surface area contributed by atoms with Crippen molar-refractivity contribution in [3.8, 4) is 5.75 Å². The second-order valence-electron chi connectivity index (χ2n) is 3.68. The molecule has 14 heavy (non-hydrogen) atoms. The van der Waals surface area contributed by atoms with Gasteiger partial charge in [0, 0.05) is 5.02 Å². The van der Waals surface area contributed by atoms with E-state index >= 15 is 0 Å². The zero-order valence-electron chi connectivity index (χ0n) is 7.80. The maximum absolute atomic E-state index is 5.86. The van der Waals surface area contributed by atoms with E-state index in [9.17, 15) is 0 Å². The van der Waals surface area contributed by atoms with Crippen LogP contribution in [0, 0.1) is 9.49 Å². The van der Waals surface area contributed by atoms with E-state index in [4.69, 9.17) is 16.3 Å². The lowest BCUT2D eigenvalue weighted by molar-refractivity contribution is 0.180. The summed E-state index contributed by atoms with van der Waals surface area (Å²) in [6.07, 6.45) is 4.01. The van der Waals surface area contributed by atoms with E-state index in [-0.39, 0.29) is 0 Å². The van der Waals surface area contributed by atoms with Gasteiger partial charge in [0.1, 0.15) is 5.75 Å². The molecule has 1 saturated carbocycles. The third kappa shape index (κ3) is 2.54. The van der Waals surface area contributed by atoms with Gasteiger partial charge in [-0.3, -0.25) is 0 Å². The highest BCUT2D eigenvalue weighted by Gasteiger charge is 2.18. The van der Waals surface area contributed by atoms with Crippen LogP contribution in [0.25, 0.3) is 0 Å². The molecule has 1 aliphatic carbocycles. The van der Waals surface area contributed by atoms with Gasteiger partial charge in [0.05, 0.1) is 10.2 Å². The van der Waals surface area contributed by atoms with Crippen molar-refractivity contribution in [1.29, 1.82) is 0 Å². The lowest BCUT2D eigenvalue weighted by Gasteiger charge is -2.25. The van der Waals surface area contributed by atoms with Gasteiger partial charge in [-0.15, -0.1) is 0 Å². The Morgan fingerprint density at radius 2 is 2.21 bits per heavy atom. The molecular formula is C11H12ClIO. The van der Waals surface area contributed by atoms with Crippen molar-refractivity contribution in [3.63, 3.8) is 0 Å². The molecule has 1 aromatic carbocycles. The summed E-state index contributed by atoms with van der Waals surface area (Å²) in [5, 5.41) is 0.769. The highest BCUT2D eigenvalue weighted by atomic mass is 127. The summed E-state index contributed by atoms with van der Waals surface area (Å²) in [6, 6.07) is 5.75. The molecule has 0 saturated heterocycles. The molecule has 0 N–H and O–H groups in total. The van der Waals surface area contributed by atoms with Crippen LogP contribution < -0.4 is 4.74 Å². The zero-order chi connectivity index (χ0) is 9.97. The first kappa shape index (κ1) is 10.6. The van der Waals surface area contributed by atoms with E-state index in [1.807, 2.05) is 18.2 Å². The Morgan fingerprint density at radius 1 is 1.43 bits per heavy atom. The molecule has 0 bridgehead atoms. The van der Waals surface area contributed by atoms with Gasteiger partial charge in [0.25, 0.3) is 0 Å². The topological polar surface area (TPSA) is 9.23 Å². The van der Waals surface area contributed by atoms with Gasteiger partial charge < -0.3 is 4.74 Å². The molecular weight excluding hydrogens is 310 g/mol. The van der Waals surface area contributed by atoms with Crippen LogP contribution in [0.15, 0.2) is 18.2 Å². The number of rotatable bonds is 3. The Labute approximate surface area is 103 Å². The SMILES string of the molecule is Clc1ccc(OCC2CCC2)c(I)c1. The van der Waals surface area contributed by atoms with Crippen molar-refractivity contribution in [2.24, 2.45) is 5.92 Å². The predicted octanol–water partition coefficient (Wildman–Crippen LogP) is 4.12. The van der Waals surface area contributed by atoms with Crippen LogP contribution in [-0.4, -0.2) is 6.61 Å². The molecule has 0 aromatic heterocycles. The summed E-state index contributed by atoms with van der Waals surface area (Å²) in [4.78, 5) is 0. The molecule has 0 radical (unpaired) electrons. The second kappa shape index (κ2) is 4.71. The van der Waals surface area contributed by atoms with Gasteiger partial charge in [-0.2, -0.15) is 0 Å². The van der Waals surface area contributed by atoms with E-state index in [0.717, 1.165) is 26.9 Å². The Kier molecular flexibility index (Phi) is 3.55. The largest absolute Gasteiger partial charge is 0.492 e. The Bertz CT molecular complexity index is 323. The molecule has 76 valence electrons. The summed E-state index contributed by atoms with van der Waals surface area (Å²) >= 11 is 8.11. The van der Waals surface area contributed by atoms with Crippen molar-refractivity contribution in [2.45, 2.75) is 19.3 Å². The summed E-state index contributed by atoms with van der Waals surface area (Å²) in [7, 11) is 0. The molecule has 1 fully saturated rings. The standard InChI is InChI=1S/C11H12ClIO/c12-9-4-5-11(10(13)6-9)14-7-8-2-1-3-8/h4-6,8H,1-3,7H2. The van der Waals surface area contributed by atoms with Crippen molar-refractivity contribution in [3.05, 3.63) is 26.8 Å². The summed E-state index contributed by atoms with van der Waals surface area (Å²) in [6.45, 7) is 0.859. The predicted molar refractivity (Wildman–Crippen MR) is 67.0 cm³/mol. The first-order valence-corrected chi connectivity index (χ1v) is 6.29. The molecule has 0 heterocycles. The number of halogens is 2. The van der Waals surface area contributed by atoms with E-state index < -0.39 is 0 Å². The van der Waals surface area contributed by atoms with Gasteiger partial charge >= 0.3 is 0 Å². The number of benzene rings is 1. The number of hydrogen-bond acceptors (Lipinski definition) is 1. The smallest absolute Gasteiger partial charge is 0.132 e. The molecule has 0 atom stereocenters. The zero-order valence-corrected chi connectivity index (χ0v) is 10.7. The number of ether oxygens (including phenoxy) is 1. The highest BCUT2D eigenvalue weighted by Crippen LogP contribution is 2.29. The molecule has 0 aliphatic heterocycles. The van der Waals surface area contributed by atoms with Crippen molar-refractivity contribution < 1.29 is 4.74 Å². The van der Waals surface area contributed by atoms with Gasteiger partial charge in [-0.05, 0) is 59.5 Å². The molecule has 3 heteroatoms. The minimum atomic E-state index is 0.769. The lowest BCUT2D eigenvalue weighted by Crippen LogP contribution is -2.19. The van der Waals surface area contributed by atoms with Crippen LogP contribution in [0.2, 0.25) is 5.02 Å². The fourth-order valence-electron chi connectivity index (χ4n) is 1.46. The Morgan fingerprint density at radius 3 is 2.79 bits per heavy atom. The van der Waals surface area contributed by atoms with Crippen LogP contribution in [0.1, 0.15) is 19.3 Å². The fourth-order valence-corrected chi connectivity index (χ4v) is 2.49. The van der Waals surface area contributed by atoms with E-state index in [2.05, 4.69) is 22.6 Å². The first-order valence-electron chi connectivity index (χ1n) is 4.83. The molecule has 0 spiro atoms. The summed E-state index contributed by atoms with van der Waals surface area (Å²) in [5.41, 5.74) is 0. The van der Waals surface area contributed by atoms with Gasteiger partial charge in [0.15, 0.2) is 0 Å². The molecule has 1 aliphatic rings. The highest BCUT2D eigenvalue weighted by molar-refractivity contribution is 14.1. The minimum Gasteiger partial charge on any atom is -0.492 e. The van der Waals surface area contributed by atoms with Crippen molar-refractivity contribution >= 4 is 34.2 Å². The van der Waals surface area contributed by atoms with Crippen LogP contribution in [0.5, 0.6) is 5.75 Å². The van der Waals surface area contributed by atoms with Crippen molar-refractivity contribution in [1.82, 2.24) is 0 Å². The quantitative estimate of drug-likeness (QED) is 0.761. The average molecular weight is 323 g/mol. The molecule has 0 unspecified atom stereocenters. The van der Waals surface area contributed by atoms with E-state index in [1.165, 1.54) is 19.3 Å². The Balaban J connectivity index is 1.94. The maximum atomic E-state index is 5.86. The lowest BCUT2D eigenvalue weighted by atomic mass is 9.86. The van der Waals surface area contributed by atoms with Gasteiger partial charge in [-0.1, -0.05) is 18.0 Å². The van der Waals surface area contributed by atoms with Gasteiger partial charge in [-0.25, -0.2) is 0 Å². The second-order valence-corrected chi connectivity index (χ2v) is 5.28. The molecule has 2 rings (SSSR count). The summed E-state index contributed by atoms with van der Waals surface area (Å²) in [5.74, 6) is 1.74. The third-order valence-electron chi connectivity index (χ3n) is 2.59. The van der Waals surface area contributed by atoms with Crippen LogP contribution >= 0.6 is 34.2 Å². The average Bonchev–Trinajstić information content (AvgIpc) is 2.05. The van der Waals surface area contributed by atoms with Crippen LogP contribution in [-0.2, 0) is 0 Å². The maximum Gasteiger partial charge on any atom is 0.132 e. The molecule has 0 amide bonds. The van der Waals surface area contributed by atoms with Crippen LogP contribution in [0.4, 0.5) is 0 Å². The van der Waals surface area contributed by atoms with E-state index in [0.29, 0.717) is 0 Å². The Hall–Kier alpha value is 0.0400. The van der Waals surface area contributed by atoms with Gasteiger partial charge in [0.2, 0.25) is 0 Å². The fraction of sp³-hybridized carbons (Fsp3) is 0.455. The van der Waals surface area contributed by atoms with E-state index in [1.54, 1.807) is 0 Å². The van der Waals surface area contributed by atoms with Crippen molar-refractivity contribution in [2.75, 3.05) is 6.61 Å². The monoisotopic (exact) mass is 322 g/mol. The normalized spacial score (nSPS) is 16.4. The third-order valence-corrected chi connectivity index (χ3v) is 3.67. The molecule has 1 aromatic rings. The molecule has 1 nitrogen and oxygen atoms in total. The first-order chi connectivity index (χ1) is 6.75.